The number of hydrogen-bond acceptors (Lipinski definition) is 8. The molecule has 12 heteroatoms. The number of pyridine rings is 1. The van der Waals surface area contributed by atoms with E-state index in [1.54, 1.807) is 18.3 Å². The number of nitrogens with one attached hydrogen (secondary N) is 1. The van der Waals surface area contributed by atoms with E-state index in [9.17, 15) is 4.79 Å². The first-order chi connectivity index (χ1) is 26.1. The van der Waals surface area contributed by atoms with Crippen molar-refractivity contribution in [1.29, 1.82) is 0 Å². The van der Waals surface area contributed by atoms with Crippen molar-refractivity contribution < 1.29 is 23.2 Å². The van der Waals surface area contributed by atoms with Crippen molar-refractivity contribution in [2.45, 2.75) is 25.8 Å². The van der Waals surface area contributed by atoms with Crippen LogP contribution in [-0.4, -0.2) is 58.7 Å². The Balaban J connectivity index is 1.24. The van der Waals surface area contributed by atoms with Crippen LogP contribution in [0.25, 0.3) is 11.1 Å². The number of nitrogens with two attached hydrogens (primary N) is 1. The molecule has 0 bridgehead atoms. The molecule has 3 aliphatic rings. The molecule has 11 nitrogen and oxygen atoms in total. The third kappa shape index (κ3) is 6.31. The summed E-state index contributed by atoms with van der Waals surface area (Å²) in [6.07, 6.45) is 2.28. The van der Waals surface area contributed by atoms with Crippen LogP contribution in [0.5, 0.6) is 11.6 Å². The van der Waals surface area contributed by atoms with Gasteiger partial charge in [0.2, 0.25) is 11.8 Å². The monoisotopic (exact) mass is 742 g/mol. The van der Waals surface area contributed by atoms with Gasteiger partial charge in [0.1, 0.15) is 26.1 Å². The molecule has 1 unspecified atom stereocenters. The first-order valence-corrected chi connectivity index (χ1v) is 19.4. The number of urea groups is 1. The average Bonchev–Trinajstić information content (AvgIpc) is 3.83. The van der Waals surface area contributed by atoms with Gasteiger partial charge < -0.3 is 19.5 Å². The van der Waals surface area contributed by atoms with Gasteiger partial charge in [0.25, 0.3) is 0 Å². The summed E-state index contributed by atoms with van der Waals surface area (Å²) < 4.78 is 38.3. The van der Waals surface area contributed by atoms with E-state index in [1.807, 2.05) is 115 Å². The van der Waals surface area contributed by atoms with Crippen LogP contribution in [0.2, 0.25) is 0 Å². The number of amides is 2. The Morgan fingerprint density at radius 2 is 1.56 bits per heavy atom. The van der Waals surface area contributed by atoms with Gasteiger partial charge in [0.05, 0.1) is 39.1 Å². The van der Waals surface area contributed by atoms with E-state index in [4.69, 9.17) is 23.7 Å². The highest BCUT2D eigenvalue weighted by atomic mass is 32.2. The Kier molecular flexibility index (Phi) is 9.03. The number of aromatic nitrogens is 1. The van der Waals surface area contributed by atoms with Gasteiger partial charge in [-0.3, -0.25) is 0 Å². The van der Waals surface area contributed by atoms with Gasteiger partial charge in [-0.15, -0.1) is 0 Å². The van der Waals surface area contributed by atoms with Crippen molar-refractivity contribution >= 4 is 21.6 Å². The lowest BCUT2D eigenvalue weighted by atomic mass is 9.78. The van der Waals surface area contributed by atoms with Crippen molar-refractivity contribution in [2.24, 2.45) is 14.9 Å². The zero-order valence-electron chi connectivity index (χ0n) is 30.4. The third-order valence-corrected chi connectivity index (χ3v) is 11.6. The zero-order chi connectivity index (χ0) is 37.5. The maximum atomic E-state index is 15.4. The Hall–Kier alpha value is -5.85. The van der Waals surface area contributed by atoms with Crippen molar-refractivity contribution in [3.8, 4) is 22.8 Å². The largest absolute Gasteiger partial charge is 0.493 e. The Labute approximate surface area is 315 Å². The lowest BCUT2D eigenvalue weighted by molar-refractivity contribution is -0.0780. The van der Waals surface area contributed by atoms with Gasteiger partial charge in [-0.05, 0) is 40.5 Å². The normalized spacial score (nSPS) is 17.1. The van der Waals surface area contributed by atoms with Crippen LogP contribution >= 0.6 is 0 Å². The summed E-state index contributed by atoms with van der Waals surface area (Å²) in [6, 6.07) is 36.3. The molecule has 0 radical (unpaired) electrons. The molecule has 2 amide bonds. The highest BCUT2D eigenvalue weighted by Crippen LogP contribution is 2.45. The van der Waals surface area contributed by atoms with Gasteiger partial charge in [-0.25, -0.2) is 29.1 Å². The van der Waals surface area contributed by atoms with E-state index in [0.29, 0.717) is 43.5 Å². The molecule has 0 spiro atoms. The maximum Gasteiger partial charge on any atom is 0.341 e. The molecule has 1 fully saturated rings. The molecule has 5 aromatic rings. The number of methoxy groups -OCH3 is 1. The predicted octanol–water partition coefficient (Wildman–Crippen LogP) is 7.32. The molecule has 3 N–H and O–H groups in total. The number of anilines is 1. The van der Waals surface area contributed by atoms with Gasteiger partial charge in [0.15, 0.2) is 0 Å². The summed E-state index contributed by atoms with van der Waals surface area (Å²) in [5, 5.41) is 13.5. The molecular formula is C42H42N6O5S. The van der Waals surface area contributed by atoms with Gasteiger partial charge >= 0.3 is 6.03 Å². The fourth-order valence-electron chi connectivity index (χ4n) is 7.44. The number of carbonyl (C=O) groups excluding carboxylic acids is 1. The number of nitrogens with zero attached hydrogens (tertiary/aromatic N) is 4. The molecule has 1 saturated heterocycles. The predicted molar refractivity (Wildman–Crippen MR) is 209 cm³/mol. The minimum atomic E-state index is -3.75. The molecule has 4 heterocycles. The summed E-state index contributed by atoms with van der Waals surface area (Å²) >= 11 is 0. The van der Waals surface area contributed by atoms with Crippen molar-refractivity contribution in [3.05, 3.63) is 154 Å². The van der Waals surface area contributed by atoms with E-state index >= 15 is 4.21 Å². The summed E-state index contributed by atoms with van der Waals surface area (Å²) in [5.41, 5.74) is 3.88. The van der Waals surface area contributed by atoms with Crippen LogP contribution in [0.15, 0.2) is 137 Å². The highest BCUT2D eigenvalue weighted by Gasteiger charge is 2.47. The molecule has 276 valence electrons. The van der Waals surface area contributed by atoms with Crippen LogP contribution in [-0.2, 0) is 26.6 Å². The lowest BCUT2D eigenvalue weighted by Crippen LogP contribution is -2.51. The van der Waals surface area contributed by atoms with Crippen molar-refractivity contribution in [2.75, 3.05) is 38.7 Å². The van der Waals surface area contributed by atoms with Crippen LogP contribution < -0.4 is 19.9 Å². The quantitative estimate of drug-likeness (QED) is 0.159. The second-order valence-corrected chi connectivity index (χ2v) is 16.2. The highest BCUT2D eigenvalue weighted by molar-refractivity contribution is 7.95. The fraction of sp³-hybridized carbons (Fsp3) is 0.238. The van der Waals surface area contributed by atoms with E-state index in [-0.39, 0.29) is 22.7 Å². The summed E-state index contributed by atoms with van der Waals surface area (Å²) in [7, 11) is -2.19. The third-order valence-electron chi connectivity index (χ3n) is 10.0. The fourth-order valence-corrected chi connectivity index (χ4v) is 9.00. The van der Waals surface area contributed by atoms with E-state index in [1.165, 1.54) is 5.01 Å². The number of hydrogen-bond donors (Lipinski definition) is 2. The molecule has 4 aromatic carbocycles. The maximum absolute atomic E-state index is 15.4. The van der Waals surface area contributed by atoms with Crippen molar-refractivity contribution in [3.63, 3.8) is 0 Å². The number of carbonyl (C=O) groups is 1. The number of rotatable bonds is 8. The lowest BCUT2D eigenvalue weighted by Gasteiger charge is -2.41. The van der Waals surface area contributed by atoms with Crippen LogP contribution in [0.4, 0.5) is 10.5 Å². The smallest absolute Gasteiger partial charge is 0.341 e. The molecular weight excluding hydrogens is 701 g/mol. The van der Waals surface area contributed by atoms with E-state index in [0.717, 1.165) is 33.4 Å². The molecule has 3 aliphatic heterocycles. The topological polar surface area (TPSA) is 132 Å². The zero-order valence-corrected chi connectivity index (χ0v) is 31.2. The Bertz CT molecular complexity index is 2260. The molecule has 1 aromatic heterocycles. The van der Waals surface area contributed by atoms with E-state index in [2.05, 4.69) is 24.1 Å². The molecule has 8 rings (SSSR count). The Morgan fingerprint density at radius 1 is 0.926 bits per heavy atom. The minimum absolute atomic E-state index is 0.103. The van der Waals surface area contributed by atoms with E-state index < -0.39 is 21.5 Å². The average molecular weight is 743 g/mol. The van der Waals surface area contributed by atoms with Crippen molar-refractivity contribution in [1.82, 2.24) is 15.0 Å². The minimum Gasteiger partial charge on any atom is -0.493 e. The number of hydrazine groups is 1. The molecule has 1 atom stereocenters. The molecule has 0 aliphatic carbocycles. The SMILES string of the molecule is COc1cc(-c2ccc3c(c2NC(=O)N2CC(S(N)(=O)=NC(c4ccccc4)(c4ccccc4)c4ccccc4)=C4OCC(C)(C)CN42)CCO3)ccn1. The van der Waals surface area contributed by atoms with Crippen LogP contribution in [0, 0.1) is 5.41 Å². The summed E-state index contributed by atoms with van der Waals surface area (Å²) in [6.45, 7) is 5.27. The van der Waals surface area contributed by atoms with Gasteiger partial charge in [0, 0.05) is 35.2 Å². The first kappa shape index (κ1) is 35.2. The van der Waals surface area contributed by atoms with Crippen LogP contribution in [0.3, 0.4) is 0 Å². The second-order valence-electron chi connectivity index (χ2n) is 14.3. The number of benzene rings is 4. The standard InChI is InChI=1S/C42H42N6O5S/c1-41(2)27-48-39(53-28-41)36(26-47(48)40(49)45-38-33(19-20-35-34(38)22-24-52-35)29-21-23-44-37(25-29)51-3)54(43,50)46-42(30-13-7-4-8-14-30,31-15-9-5-10-16-31)32-17-11-6-12-18-32/h4-21,23,25H,22,24,26-28H2,1-3H3,(H,45,49)(H2,43,46,50). The van der Waals surface area contributed by atoms with Gasteiger partial charge in [-0.1, -0.05) is 105 Å². The second kappa shape index (κ2) is 13.9. The molecule has 54 heavy (non-hydrogen) atoms. The number of ether oxygens (including phenoxy) is 3. The molecule has 0 saturated carbocycles. The van der Waals surface area contributed by atoms with Gasteiger partial charge in [-0.2, -0.15) is 4.36 Å². The Morgan fingerprint density at radius 3 is 2.17 bits per heavy atom. The van der Waals surface area contributed by atoms with Crippen LogP contribution in [0.1, 0.15) is 36.1 Å². The summed E-state index contributed by atoms with van der Waals surface area (Å²) in [5.74, 6) is 1.44. The summed E-state index contributed by atoms with van der Waals surface area (Å²) in [4.78, 5) is 19.2. The first-order valence-electron chi connectivity index (χ1n) is 17.8. The number of fused-ring (bicyclic) bond motifs is 2.